The van der Waals surface area contributed by atoms with E-state index in [2.05, 4.69) is 10.1 Å². The third kappa shape index (κ3) is 4.13. The number of hydrogen-bond acceptors (Lipinski definition) is 3. The number of rotatable bonds is 3. The Balaban J connectivity index is 2.14. The molecule has 110 valence electrons. The fourth-order valence-corrected chi connectivity index (χ4v) is 1.63. The summed E-state index contributed by atoms with van der Waals surface area (Å²) >= 11 is 0. The zero-order valence-electron chi connectivity index (χ0n) is 10.6. The quantitative estimate of drug-likeness (QED) is 0.853. The zero-order valence-corrected chi connectivity index (χ0v) is 10.6. The minimum Gasteiger partial charge on any atom is -0.404 e. The number of nitrogens with two attached hydrogens (primary N) is 1. The summed E-state index contributed by atoms with van der Waals surface area (Å²) in [6, 6.07) is 12.0. The number of para-hydroxylation sites is 1. The number of amides is 1. The van der Waals surface area contributed by atoms with Gasteiger partial charge in [-0.15, -0.1) is 13.2 Å². The number of nitrogens with one attached hydrogen (secondary N) is 1. The summed E-state index contributed by atoms with van der Waals surface area (Å²) in [6.45, 7) is 0. The summed E-state index contributed by atoms with van der Waals surface area (Å²) in [5.41, 5.74) is 5.88. The molecule has 4 nitrogen and oxygen atoms in total. The van der Waals surface area contributed by atoms with E-state index in [4.69, 9.17) is 5.73 Å². The van der Waals surface area contributed by atoms with Crippen LogP contribution in [0.15, 0.2) is 48.5 Å². The highest BCUT2D eigenvalue weighted by atomic mass is 19.4. The first kappa shape index (κ1) is 14.7. The Morgan fingerprint density at radius 2 is 1.76 bits per heavy atom. The number of carbonyl (C=O) groups is 1. The molecule has 3 N–H and O–H groups in total. The lowest BCUT2D eigenvalue weighted by molar-refractivity contribution is -0.274. The van der Waals surface area contributed by atoms with Crippen molar-refractivity contribution >= 4 is 17.3 Å². The number of halogens is 3. The van der Waals surface area contributed by atoms with E-state index in [-0.39, 0.29) is 11.3 Å². The second-order valence-electron chi connectivity index (χ2n) is 4.12. The maximum atomic E-state index is 12.1. The second kappa shape index (κ2) is 5.74. The van der Waals surface area contributed by atoms with Crippen LogP contribution in [-0.2, 0) is 0 Å². The van der Waals surface area contributed by atoms with E-state index in [0.717, 1.165) is 12.1 Å². The summed E-state index contributed by atoms with van der Waals surface area (Å²) in [5.74, 6) is -1.02. The molecular formula is C14H11F3N2O2. The summed E-state index contributed by atoms with van der Waals surface area (Å²) in [4.78, 5) is 11.9. The largest absolute Gasteiger partial charge is 0.573 e. The average molecular weight is 296 g/mol. The molecule has 2 rings (SSSR count). The van der Waals surface area contributed by atoms with Gasteiger partial charge in [0.1, 0.15) is 0 Å². The van der Waals surface area contributed by atoms with Crippen LogP contribution in [0, 0.1) is 0 Å². The molecular weight excluding hydrogens is 285 g/mol. The summed E-state index contributed by atoms with van der Waals surface area (Å²) in [7, 11) is 0. The van der Waals surface area contributed by atoms with Crippen molar-refractivity contribution in [1.29, 1.82) is 0 Å². The van der Waals surface area contributed by atoms with E-state index in [1.807, 2.05) is 0 Å². The maximum Gasteiger partial charge on any atom is 0.573 e. The fraction of sp³-hybridized carbons (Fsp3) is 0.0714. The average Bonchev–Trinajstić information content (AvgIpc) is 2.40. The minimum atomic E-state index is -4.83. The molecule has 0 aliphatic heterocycles. The molecule has 7 heteroatoms. The van der Waals surface area contributed by atoms with Crippen LogP contribution in [-0.4, -0.2) is 12.3 Å². The van der Waals surface area contributed by atoms with Gasteiger partial charge in [0.25, 0.3) is 5.91 Å². The fourth-order valence-electron chi connectivity index (χ4n) is 1.63. The first-order valence-electron chi connectivity index (χ1n) is 5.87. The van der Waals surface area contributed by atoms with Crippen molar-refractivity contribution in [3.8, 4) is 5.75 Å². The van der Waals surface area contributed by atoms with Gasteiger partial charge in [-0.3, -0.25) is 4.79 Å². The van der Waals surface area contributed by atoms with Crippen LogP contribution >= 0.6 is 0 Å². The SMILES string of the molecule is Nc1cc(C(=O)Nc2ccccc2)ccc1OC(F)(F)F. The van der Waals surface area contributed by atoms with Crippen LogP contribution < -0.4 is 15.8 Å². The molecule has 2 aromatic carbocycles. The summed E-state index contributed by atoms with van der Waals surface area (Å²) in [5, 5.41) is 2.60. The normalized spacial score (nSPS) is 11.0. The number of nitrogen functional groups attached to an aromatic ring is 1. The lowest BCUT2D eigenvalue weighted by atomic mass is 10.1. The molecule has 0 atom stereocenters. The third-order valence-corrected chi connectivity index (χ3v) is 2.53. The van der Waals surface area contributed by atoms with Crippen molar-refractivity contribution in [2.45, 2.75) is 6.36 Å². The van der Waals surface area contributed by atoms with Crippen LogP contribution in [0.1, 0.15) is 10.4 Å². The molecule has 0 spiro atoms. The number of anilines is 2. The summed E-state index contributed by atoms with van der Waals surface area (Å²) < 4.78 is 40.1. The minimum absolute atomic E-state index is 0.130. The first-order chi connectivity index (χ1) is 9.85. The molecule has 0 aliphatic rings. The number of benzene rings is 2. The van der Waals surface area contributed by atoms with Gasteiger partial charge in [0.2, 0.25) is 0 Å². The van der Waals surface area contributed by atoms with Crippen molar-refractivity contribution in [3.63, 3.8) is 0 Å². The van der Waals surface area contributed by atoms with Gasteiger partial charge in [-0.25, -0.2) is 0 Å². The van der Waals surface area contributed by atoms with Crippen molar-refractivity contribution in [2.75, 3.05) is 11.1 Å². The Kier molecular flexibility index (Phi) is 4.02. The predicted molar refractivity (Wildman–Crippen MR) is 71.9 cm³/mol. The number of carbonyl (C=O) groups excluding carboxylic acids is 1. The smallest absolute Gasteiger partial charge is 0.404 e. The standard InChI is InChI=1S/C14H11F3N2O2/c15-14(16,17)21-12-7-6-9(8-11(12)18)13(20)19-10-4-2-1-3-5-10/h1-8H,18H2,(H,19,20). The Hall–Kier alpha value is -2.70. The predicted octanol–water partition coefficient (Wildman–Crippen LogP) is 3.42. The van der Waals surface area contributed by atoms with Crippen LogP contribution in [0.25, 0.3) is 0 Å². The van der Waals surface area contributed by atoms with E-state index in [1.165, 1.54) is 6.07 Å². The molecule has 0 heterocycles. The van der Waals surface area contributed by atoms with Crippen LogP contribution in [0.5, 0.6) is 5.75 Å². The number of alkyl halides is 3. The number of hydrogen-bond donors (Lipinski definition) is 2. The van der Waals surface area contributed by atoms with Gasteiger partial charge in [0.05, 0.1) is 5.69 Å². The van der Waals surface area contributed by atoms with Gasteiger partial charge in [-0.1, -0.05) is 18.2 Å². The van der Waals surface area contributed by atoms with Crippen LogP contribution in [0.3, 0.4) is 0 Å². The first-order valence-corrected chi connectivity index (χ1v) is 5.87. The van der Waals surface area contributed by atoms with Crippen molar-refractivity contribution in [2.24, 2.45) is 0 Å². The molecule has 0 radical (unpaired) electrons. The van der Waals surface area contributed by atoms with Crippen molar-refractivity contribution < 1.29 is 22.7 Å². The molecule has 2 aromatic rings. The van der Waals surface area contributed by atoms with Gasteiger partial charge in [-0.05, 0) is 30.3 Å². The summed E-state index contributed by atoms with van der Waals surface area (Å²) in [6.07, 6.45) is -4.83. The Morgan fingerprint density at radius 3 is 2.33 bits per heavy atom. The molecule has 0 aromatic heterocycles. The molecule has 1 amide bonds. The maximum absolute atomic E-state index is 12.1. The molecule has 21 heavy (non-hydrogen) atoms. The molecule has 0 saturated heterocycles. The third-order valence-electron chi connectivity index (χ3n) is 2.53. The van der Waals surface area contributed by atoms with Crippen LogP contribution in [0.4, 0.5) is 24.5 Å². The second-order valence-corrected chi connectivity index (χ2v) is 4.12. The highest BCUT2D eigenvalue weighted by Gasteiger charge is 2.32. The molecule has 0 saturated carbocycles. The van der Waals surface area contributed by atoms with Gasteiger partial charge in [0, 0.05) is 11.3 Å². The van der Waals surface area contributed by atoms with Crippen LogP contribution in [0.2, 0.25) is 0 Å². The highest BCUT2D eigenvalue weighted by molar-refractivity contribution is 6.04. The van der Waals surface area contributed by atoms with E-state index < -0.39 is 18.0 Å². The molecule has 0 fully saturated rings. The number of ether oxygens (including phenoxy) is 1. The Morgan fingerprint density at radius 1 is 1.10 bits per heavy atom. The van der Waals surface area contributed by atoms with Gasteiger partial charge < -0.3 is 15.8 Å². The molecule has 0 bridgehead atoms. The topological polar surface area (TPSA) is 64.4 Å². The lowest BCUT2D eigenvalue weighted by Gasteiger charge is -2.12. The highest BCUT2D eigenvalue weighted by Crippen LogP contribution is 2.29. The van der Waals surface area contributed by atoms with E-state index in [1.54, 1.807) is 30.3 Å². The Labute approximate surface area is 118 Å². The van der Waals surface area contributed by atoms with E-state index >= 15 is 0 Å². The van der Waals surface area contributed by atoms with Gasteiger partial charge in [0.15, 0.2) is 5.75 Å². The zero-order chi connectivity index (χ0) is 15.5. The van der Waals surface area contributed by atoms with Crippen molar-refractivity contribution in [1.82, 2.24) is 0 Å². The van der Waals surface area contributed by atoms with Gasteiger partial charge >= 0.3 is 6.36 Å². The lowest BCUT2D eigenvalue weighted by Crippen LogP contribution is -2.18. The van der Waals surface area contributed by atoms with Gasteiger partial charge in [-0.2, -0.15) is 0 Å². The molecule has 0 aliphatic carbocycles. The Bertz CT molecular complexity index is 642. The van der Waals surface area contributed by atoms with E-state index in [9.17, 15) is 18.0 Å². The van der Waals surface area contributed by atoms with Crippen molar-refractivity contribution in [3.05, 3.63) is 54.1 Å². The van der Waals surface area contributed by atoms with E-state index in [0.29, 0.717) is 5.69 Å². The molecule has 0 unspecified atom stereocenters. The monoisotopic (exact) mass is 296 g/mol.